The smallest absolute Gasteiger partial charge is 0.408 e. The van der Waals surface area contributed by atoms with Gasteiger partial charge < -0.3 is 10.1 Å². The van der Waals surface area contributed by atoms with Gasteiger partial charge in [-0.05, 0) is 27.2 Å². The van der Waals surface area contributed by atoms with Gasteiger partial charge >= 0.3 is 6.09 Å². The van der Waals surface area contributed by atoms with Crippen LogP contribution in [0.25, 0.3) is 0 Å². The first-order chi connectivity index (χ1) is 10.6. The minimum atomic E-state index is -0.697. The number of nitrogens with one attached hydrogen (secondary N) is 1. The van der Waals surface area contributed by atoms with Crippen molar-refractivity contribution in [3.63, 3.8) is 0 Å². The van der Waals surface area contributed by atoms with Crippen molar-refractivity contribution in [2.45, 2.75) is 52.3 Å². The van der Waals surface area contributed by atoms with Crippen LogP contribution in [-0.4, -0.2) is 46.3 Å². The normalized spacial score (nSPS) is 18.2. The molecule has 0 aliphatic carbocycles. The van der Waals surface area contributed by atoms with Crippen LogP contribution < -0.4 is 10.2 Å². The molecule has 0 spiro atoms. The molecule has 1 unspecified atom stereocenters. The molecule has 1 aromatic heterocycles. The molecule has 1 N–H and O–H groups in total. The van der Waals surface area contributed by atoms with E-state index >= 15 is 0 Å². The molecule has 0 saturated carbocycles. The molecule has 1 aliphatic heterocycles. The summed E-state index contributed by atoms with van der Waals surface area (Å²) in [6.45, 7) is 7.11. The van der Waals surface area contributed by atoms with E-state index in [1.165, 1.54) is 11.8 Å². The minimum Gasteiger partial charge on any atom is -0.444 e. The number of carbonyl (C=O) groups is 3. The number of fused-ring (bicyclic) bond motifs is 1. The molecule has 0 fully saturated rings. The Bertz CT molecular complexity index is 644. The van der Waals surface area contributed by atoms with Gasteiger partial charge in [0.05, 0.1) is 0 Å². The zero-order chi connectivity index (χ0) is 17.4. The van der Waals surface area contributed by atoms with Crippen LogP contribution in [0.2, 0.25) is 0 Å². The monoisotopic (exact) mass is 322 g/mol. The van der Waals surface area contributed by atoms with Crippen LogP contribution in [0.15, 0.2) is 6.07 Å². The fourth-order valence-corrected chi connectivity index (χ4v) is 2.32. The SMILES string of the molecule is CC(=O)c1cc2n(n1)CCC(NC(=O)OC(C)(C)C)C(=O)N2C. The highest BCUT2D eigenvalue weighted by atomic mass is 16.6. The second-order valence-electron chi connectivity index (χ2n) is 6.55. The maximum absolute atomic E-state index is 12.5. The van der Waals surface area contributed by atoms with Gasteiger partial charge in [-0.25, -0.2) is 9.48 Å². The van der Waals surface area contributed by atoms with Crippen molar-refractivity contribution in [1.29, 1.82) is 0 Å². The predicted molar refractivity (Wildman–Crippen MR) is 83.4 cm³/mol. The van der Waals surface area contributed by atoms with E-state index in [9.17, 15) is 14.4 Å². The molecular weight excluding hydrogens is 300 g/mol. The molecule has 0 radical (unpaired) electrons. The highest BCUT2D eigenvalue weighted by molar-refractivity contribution is 5.99. The maximum Gasteiger partial charge on any atom is 0.408 e. The van der Waals surface area contributed by atoms with Crippen LogP contribution in [0.1, 0.15) is 44.6 Å². The third kappa shape index (κ3) is 3.88. The third-order valence-corrected chi connectivity index (χ3v) is 3.41. The number of likely N-dealkylation sites (N-methyl/N-ethyl adjacent to an activating group) is 1. The van der Waals surface area contributed by atoms with Crippen LogP contribution in [0, 0.1) is 0 Å². The Kier molecular flexibility index (Phi) is 4.44. The fourth-order valence-electron chi connectivity index (χ4n) is 2.32. The summed E-state index contributed by atoms with van der Waals surface area (Å²) >= 11 is 0. The zero-order valence-corrected chi connectivity index (χ0v) is 14.0. The number of anilines is 1. The van der Waals surface area contributed by atoms with Gasteiger partial charge in [0.25, 0.3) is 5.91 Å². The topological polar surface area (TPSA) is 93.5 Å². The first-order valence-corrected chi connectivity index (χ1v) is 7.44. The van der Waals surface area contributed by atoms with Crippen molar-refractivity contribution in [2.75, 3.05) is 11.9 Å². The fraction of sp³-hybridized carbons (Fsp3) is 0.600. The lowest BCUT2D eigenvalue weighted by atomic mass is 10.2. The number of aromatic nitrogens is 2. The molecule has 2 heterocycles. The van der Waals surface area contributed by atoms with Gasteiger partial charge in [-0.2, -0.15) is 5.10 Å². The number of Topliss-reactive ketones (excluding diaryl/α,β-unsaturated/α-hetero) is 1. The molecule has 0 saturated heterocycles. The van der Waals surface area contributed by atoms with Gasteiger partial charge in [0, 0.05) is 26.6 Å². The van der Waals surface area contributed by atoms with E-state index in [1.54, 1.807) is 38.6 Å². The van der Waals surface area contributed by atoms with Crippen LogP contribution in [-0.2, 0) is 16.1 Å². The number of alkyl carbamates (subject to hydrolysis) is 1. The van der Waals surface area contributed by atoms with Crippen LogP contribution >= 0.6 is 0 Å². The molecule has 8 nitrogen and oxygen atoms in total. The van der Waals surface area contributed by atoms with Crippen molar-refractivity contribution in [1.82, 2.24) is 15.1 Å². The summed E-state index contributed by atoms with van der Waals surface area (Å²) in [5.74, 6) is 0.105. The van der Waals surface area contributed by atoms with E-state index in [4.69, 9.17) is 4.74 Å². The number of ketones is 1. The average Bonchev–Trinajstić information content (AvgIpc) is 2.80. The number of aryl methyl sites for hydroxylation is 1. The third-order valence-electron chi connectivity index (χ3n) is 3.41. The Balaban J connectivity index is 2.14. The van der Waals surface area contributed by atoms with E-state index in [0.29, 0.717) is 24.5 Å². The van der Waals surface area contributed by atoms with Gasteiger partial charge in [-0.3, -0.25) is 14.5 Å². The molecule has 2 amide bonds. The van der Waals surface area contributed by atoms with E-state index in [1.807, 2.05) is 0 Å². The largest absolute Gasteiger partial charge is 0.444 e. The predicted octanol–water partition coefficient (Wildman–Crippen LogP) is 1.35. The summed E-state index contributed by atoms with van der Waals surface area (Å²) in [4.78, 5) is 37.2. The molecule has 0 aromatic carbocycles. The van der Waals surface area contributed by atoms with Gasteiger partial charge in [0.15, 0.2) is 5.78 Å². The molecule has 23 heavy (non-hydrogen) atoms. The van der Waals surface area contributed by atoms with Crippen molar-refractivity contribution < 1.29 is 19.1 Å². The number of hydrogen-bond acceptors (Lipinski definition) is 5. The number of ether oxygens (including phenoxy) is 1. The lowest BCUT2D eigenvalue weighted by molar-refractivity contribution is -0.120. The van der Waals surface area contributed by atoms with E-state index < -0.39 is 17.7 Å². The summed E-state index contributed by atoms with van der Waals surface area (Å²) in [5, 5.41) is 6.79. The number of nitrogens with zero attached hydrogens (tertiary/aromatic N) is 3. The summed E-state index contributed by atoms with van der Waals surface area (Å²) in [6, 6.07) is 0.883. The lowest BCUT2D eigenvalue weighted by Crippen LogP contribution is -2.48. The summed E-state index contributed by atoms with van der Waals surface area (Å²) in [7, 11) is 1.59. The molecule has 1 aliphatic rings. The Morgan fingerprint density at radius 2 is 2.04 bits per heavy atom. The molecule has 126 valence electrons. The molecule has 1 atom stereocenters. The molecule has 2 rings (SSSR count). The molecule has 8 heteroatoms. The van der Waals surface area contributed by atoms with Crippen molar-refractivity contribution in [3.05, 3.63) is 11.8 Å². The second-order valence-corrected chi connectivity index (χ2v) is 6.55. The highest BCUT2D eigenvalue weighted by Crippen LogP contribution is 2.21. The molecule has 0 bridgehead atoms. The van der Waals surface area contributed by atoms with Gasteiger partial charge in [-0.1, -0.05) is 0 Å². The van der Waals surface area contributed by atoms with Gasteiger partial charge in [-0.15, -0.1) is 0 Å². The van der Waals surface area contributed by atoms with E-state index in [0.717, 1.165) is 0 Å². The van der Waals surface area contributed by atoms with Crippen molar-refractivity contribution in [3.8, 4) is 0 Å². The van der Waals surface area contributed by atoms with Gasteiger partial charge in [0.2, 0.25) is 0 Å². The number of hydrogen-bond donors (Lipinski definition) is 1. The Hall–Kier alpha value is -2.38. The lowest BCUT2D eigenvalue weighted by Gasteiger charge is -2.24. The summed E-state index contributed by atoms with van der Waals surface area (Å²) in [6.07, 6.45) is -0.262. The van der Waals surface area contributed by atoms with E-state index in [-0.39, 0.29) is 11.7 Å². The highest BCUT2D eigenvalue weighted by Gasteiger charge is 2.32. The van der Waals surface area contributed by atoms with Crippen molar-refractivity contribution >= 4 is 23.6 Å². The first kappa shape index (κ1) is 17.0. The Morgan fingerprint density at radius 1 is 1.39 bits per heavy atom. The minimum absolute atomic E-state index is 0.158. The Labute approximate surface area is 134 Å². The molecule has 1 aromatic rings. The second kappa shape index (κ2) is 6.02. The van der Waals surface area contributed by atoms with Crippen LogP contribution in [0.3, 0.4) is 0 Å². The Morgan fingerprint density at radius 3 is 2.61 bits per heavy atom. The van der Waals surface area contributed by atoms with Crippen LogP contribution in [0.4, 0.5) is 10.6 Å². The standard InChI is InChI=1S/C15H22N4O4/c1-9(20)11-8-12-18(5)13(21)10(6-7-19(12)17-11)16-14(22)23-15(2,3)4/h8,10H,6-7H2,1-5H3,(H,16,22). The quantitative estimate of drug-likeness (QED) is 0.829. The average molecular weight is 322 g/mol. The maximum atomic E-state index is 12.5. The van der Waals surface area contributed by atoms with Gasteiger partial charge in [0.1, 0.15) is 23.2 Å². The first-order valence-electron chi connectivity index (χ1n) is 7.44. The summed E-state index contributed by atoms with van der Waals surface area (Å²) in [5.41, 5.74) is -0.314. The number of rotatable bonds is 2. The number of carbonyl (C=O) groups excluding carboxylic acids is 3. The summed E-state index contributed by atoms with van der Waals surface area (Å²) < 4.78 is 6.79. The zero-order valence-electron chi connectivity index (χ0n) is 14.0. The van der Waals surface area contributed by atoms with E-state index in [2.05, 4.69) is 10.4 Å². The van der Waals surface area contributed by atoms with Crippen molar-refractivity contribution in [2.24, 2.45) is 0 Å². The van der Waals surface area contributed by atoms with Crippen LogP contribution in [0.5, 0.6) is 0 Å². The molecular formula is C15H22N4O4. The number of amides is 2.